The Labute approximate surface area is 180 Å². The fraction of sp³-hybridized carbons (Fsp3) is 0.364. The van der Waals surface area contributed by atoms with E-state index in [0.717, 1.165) is 67.0 Å². The first-order valence-electron chi connectivity index (χ1n) is 10.7. The number of hydrogen-bond donors (Lipinski definition) is 2. The second-order valence-corrected chi connectivity index (χ2v) is 7.75. The summed E-state index contributed by atoms with van der Waals surface area (Å²) < 4.78 is 7.01. The number of pyridine rings is 1. The first-order chi connectivity index (χ1) is 15.3. The van der Waals surface area contributed by atoms with Gasteiger partial charge in [-0.25, -0.2) is 9.61 Å². The molecule has 0 saturated carbocycles. The Morgan fingerprint density at radius 2 is 1.97 bits per heavy atom. The van der Waals surface area contributed by atoms with Gasteiger partial charge in [-0.15, -0.1) is 0 Å². The zero-order valence-corrected chi connectivity index (χ0v) is 17.6. The Kier molecular flexibility index (Phi) is 5.35. The van der Waals surface area contributed by atoms with Crippen LogP contribution in [0, 0.1) is 0 Å². The summed E-state index contributed by atoms with van der Waals surface area (Å²) in [6, 6.07) is 10.1. The summed E-state index contributed by atoms with van der Waals surface area (Å²) in [7, 11) is 0. The minimum Gasteiger partial charge on any atom is -0.379 e. The van der Waals surface area contributed by atoms with Crippen LogP contribution < -0.4 is 11.1 Å². The molecule has 9 heteroatoms. The van der Waals surface area contributed by atoms with Crippen LogP contribution in [0.2, 0.25) is 0 Å². The van der Waals surface area contributed by atoms with E-state index >= 15 is 0 Å². The van der Waals surface area contributed by atoms with Crippen molar-refractivity contribution in [2.45, 2.75) is 26.4 Å². The highest BCUT2D eigenvalue weighted by molar-refractivity contribution is 5.94. The van der Waals surface area contributed by atoms with Crippen LogP contribution in [0.3, 0.4) is 0 Å². The third-order valence-electron chi connectivity index (χ3n) is 5.76. The molecule has 9 nitrogen and oxygen atoms in total. The van der Waals surface area contributed by atoms with E-state index in [0.29, 0.717) is 18.1 Å². The number of rotatable bonds is 5. The number of hydrogen-bond acceptors (Lipinski definition) is 8. The maximum atomic E-state index is 6.02. The van der Waals surface area contributed by atoms with Crippen molar-refractivity contribution in [3.8, 4) is 22.8 Å². The number of nitrogens with two attached hydrogens (primary N) is 1. The maximum Gasteiger partial charge on any atom is 0.199 e. The molecule has 0 radical (unpaired) electrons. The van der Waals surface area contributed by atoms with Crippen molar-refractivity contribution in [2.24, 2.45) is 0 Å². The van der Waals surface area contributed by atoms with Gasteiger partial charge in [0.25, 0.3) is 0 Å². The summed E-state index contributed by atoms with van der Waals surface area (Å²) in [6.45, 7) is 7.75. The number of aromatic nitrogens is 5. The summed E-state index contributed by atoms with van der Waals surface area (Å²) in [5, 5.41) is 11.2. The molecule has 4 heterocycles. The van der Waals surface area contributed by atoms with E-state index in [1.807, 2.05) is 24.4 Å². The Bertz CT molecular complexity index is 1180. The van der Waals surface area contributed by atoms with Crippen LogP contribution in [-0.4, -0.2) is 55.9 Å². The van der Waals surface area contributed by atoms with Crippen molar-refractivity contribution in [1.82, 2.24) is 35.1 Å². The third kappa shape index (κ3) is 3.66. The molecule has 0 spiro atoms. The Morgan fingerprint density at radius 1 is 1.10 bits per heavy atom. The molecule has 0 bridgehead atoms. The minimum atomic E-state index is 0.236. The number of aryl methyl sites for hydroxylation is 1. The van der Waals surface area contributed by atoms with Gasteiger partial charge in [0.2, 0.25) is 0 Å². The van der Waals surface area contributed by atoms with Gasteiger partial charge in [-0.05, 0) is 36.7 Å². The summed E-state index contributed by atoms with van der Waals surface area (Å²) in [6.07, 6.45) is 3.13. The molecule has 0 atom stereocenters. The molecule has 1 aliphatic heterocycles. The summed E-state index contributed by atoms with van der Waals surface area (Å²) in [4.78, 5) is 12.3. The number of fused-ring (bicyclic) bond motifs is 1. The molecule has 0 aliphatic carbocycles. The van der Waals surface area contributed by atoms with E-state index in [9.17, 15) is 0 Å². The molecule has 0 amide bonds. The van der Waals surface area contributed by atoms with Crippen LogP contribution >= 0.6 is 0 Å². The number of nitrogens with one attached hydrogen (secondary N) is 1. The fourth-order valence-electron chi connectivity index (χ4n) is 4.27. The lowest BCUT2D eigenvalue weighted by Crippen LogP contribution is -2.28. The average Bonchev–Trinajstić information content (AvgIpc) is 3.29. The standard InChI is InChI=1S/C22H26N8O/c1-2-30-20-16(14-29-11-6-9-24-10-12-29)13-25-17(15-7-4-3-5-8-15)18(20)26-22(30)19-21(23)28-31-27-19/h3-5,7-8,13,24H,2,6,9-12,14H2,1H3,(H2,23,28). The van der Waals surface area contributed by atoms with Crippen molar-refractivity contribution in [3.63, 3.8) is 0 Å². The third-order valence-corrected chi connectivity index (χ3v) is 5.76. The van der Waals surface area contributed by atoms with E-state index in [4.69, 9.17) is 20.3 Å². The lowest BCUT2D eigenvalue weighted by atomic mass is 10.1. The van der Waals surface area contributed by atoms with Crippen LogP contribution in [0.4, 0.5) is 5.82 Å². The van der Waals surface area contributed by atoms with Gasteiger partial charge in [0, 0.05) is 43.5 Å². The van der Waals surface area contributed by atoms with Gasteiger partial charge in [0.15, 0.2) is 17.3 Å². The summed E-state index contributed by atoms with van der Waals surface area (Å²) in [5.41, 5.74) is 11.4. The van der Waals surface area contributed by atoms with Crippen LogP contribution in [0.1, 0.15) is 18.9 Å². The molecule has 3 aromatic heterocycles. The van der Waals surface area contributed by atoms with Gasteiger partial charge in [0.1, 0.15) is 5.52 Å². The molecule has 1 fully saturated rings. The maximum absolute atomic E-state index is 6.02. The zero-order valence-electron chi connectivity index (χ0n) is 17.6. The molecule has 5 rings (SSSR count). The van der Waals surface area contributed by atoms with E-state index in [-0.39, 0.29) is 5.82 Å². The Morgan fingerprint density at radius 3 is 2.74 bits per heavy atom. The molecule has 31 heavy (non-hydrogen) atoms. The molecule has 0 unspecified atom stereocenters. The second kappa shape index (κ2) is 8.44. The Hall–Kier alpha value is -3.30. The number of anilines is 1. The monoisotopic (exact) mass is 418 g/mol. The summed E-state index contributed by atoms with van der Waals surface area (Å²) >= 11 is 0. The second-order valence-electron chi connectivity index (χ2n) is 7.75. The van der Waals surface area contributed by atoms with Crippen molar-refractivity contribution in [2.75, 3.05) is 31.9 Å². The van der Waals surface area contributed by atoms with Gasteiger partial charge in [-0.2, -0.15) is 0 Å². The summed E-state index contributed by atoms with van der Waals surface area (Å²) in [5.74, 6) is 0.889. The molecular weight excluding hydrogens is 392 g/mol. The van der Waals surface area contributed by atoms with E-state index < -0.39 is 0 Å². The normalized spacial score (nSPS) is 15.4. The highest BCUT2D eigenvalue weighted by atomic mass is 16.6. The molecule has 3 N–H and O–H groups in total. The van der Waals surface area contributed by atoms with Crippen molar-refractivity contribution in [1.29, 1.82) is 0 Å². The number of benzene rings is 1. The first kappa shape index (κ1) is 19.7. The first-order valence-corrected chi connectivity index (χ1v) is 10.7. The van der Waals surface area contributed by atoms with E-state index in [2.05, 4.69) is 44.2 Å². The number of imidazole rings is 1. The predicted molar refractivity (Wildman–Crippen MR) is 119 cm³/mol. The zero-order chi connectivity index (χ0) is 21.2. The average molecular weight is 419 g/mol. The van der Waals surface area contributed by atoms with Gasteiger partial charge in [-0.1, -0.05) is 30.3 Å². The SMILES string of the molecule is CCn1c(-c2nonc2N)nc2c(-c3ccccc3)ncc(CN3CCCNCC3)c21. The van der Waals surface area contributed by atoms with Crippen LogP contribution in [-0.2, 0) is 13.1 Å². The lowest BCUT2D eigenvalue weighted by molar-refractivity contribution is 0.285. The highest BCUT2D eigenvalue weighted by Crippen LogP contribution is 2.34. The van der Waals surface area contributed by atoms with E-state index in [1.165, 1.54) is 0 Å². The van der Waals surface area contributed by atoms with Crippen LogP contribution in [0.25, 0.3) is 33.8 Å². The largest absolute Gasteiger partial charge is 0.379 e. The molecule has 1 saturated heterocycles. The van der Waals surface area contributed by atoms with Crippen LogP contribution in [0.5, 0.6) is 0 Å². The van der Waals surface area contributed by atoms with Crippen LogP contribution in [0.15, 0.2) is 41.2 Å². The van der Waals surface area contributed by atoms with Gasteiger partial charge in [0.05, 0.1) is 11.2 Å². The van der Waals surface area contributed by atoms with Gasteiger partial charge < -0.3 is 15.6 Å². The fourth-order valence-corrected chi connectivity index (χ4v) is 4.27. The quantitative estimate of drug-likeness (QED) is 0.509. The van der Waals surface area contributed by atoms with Gasteiger partial charge >= 0.3 is 0 Å². The molecule has 4 aromatic rings. The number of nitrogen functional groups attached to an aromatic ring is 1. The van der Waals surface area contributed by atoms with Crippen molar-refractivity contribution in [3.05, 3.63) is 42.1 Å². The predicted octanol–water partition coefficient (Wildman–Crippen LogP) is 2.55. The molecular formula is C22H26N8O. The minimum absolute atomic E-state index is 0.236. The Balaban J connectivity index is 1.70. The number of nitrogens with zero attached hydrogens (tertiary/aromatic N) is 6. The van der Waals surface area contributed by atoms with Crippen molar-refractivity contribution >= 4 is 16.9 Å². The van der Waals surface area contributed by atoms with Crippen molar-refractivity contribution < 1.29 is 4.63 Å². The van der Waals surface area contributed by atoms with E-state index in [1.54, 1.807) is 0 Å². The highest BCUT2D eigenvalue weighted by Gasteiger charge is 2.24. The molecule has 1 aliphatic rings. The molecule has 1 aromatic carbocycles. The lowest BCUT2D eigenvalue weighted by Gasteiger charge is -2.20. The smallest absolute Gasteiger partial charge is 0.199 e. The topological polar surface area (TPSA) is 111 Å². The van der Waals surface area contributed by atoms with Gasteiger partial charge in [-0.3, -0.25) is 9.88 Å². The molecule has 160 valence electrons.